The van der Waals surface area contributed by atoms with Crippen molar-refractivity contribution in [2.45, 2.75) is 19.6 Å². The fraction of sp³-hybridized carbons (Fsp3) is 0.300. The fourth-order valence-corrected chi connectivity index (χ4v) is 1.35. The standard InChI is InChI=1S/C10H14FNSi/c1-13(2,3)12-8-9-4-6-10(11)7-5-9/h4-8H,1-3H3/b12-8-. The molecule has 0 aliphatic heterocycles. The van der Waals surface area contributed by atoms with Gasteiger partial charge in [0.05, 0.1) is 0 Å². The number of hydrogen-bond donors (Lipinski definition) is 0. The molecule has 0 aliphatic carbocycles. The molecule has 1 aromatic rings. The van der Waals surface area contributed by atoms with Crippen molar-refractivity contribution in [2.75, 3.05) is 0 Å². The molecular weight excluding hydrogens is 181 g/mol. The van der Waals surface area contributed by atoms with Gasteiger partial charge in [0, 0.05) is 6.21 Å². The number of rotatable bonds is 2. The van der Waals surface area contributed by atoms with Crippen LogP contribution in [0, 0.1) is 5.82 Å². The van der Waals surface area contributed by atoms with Crippen molar-refractivity contribution in [1.82, 2.24) is 0 Å². The van der Waals surface area contributed by atoms with Crippen LogP contribution < -0.4 is 0 Å². The molecule has 3 heteroatoms. The van der Waals surface area contributed by atoms with Crippen molar-refractivity contribution in [3.63, 3.8) is 0 Å². The van der Waals surface area contributed by atoms with Crippen LogP contribution >= 0.6 is 0 Å². The number of benzene rings is 1. The minimum atomic E-state index is -1.38. The predicted octanol–water partition coefficient (Wildman–Crippen LogP) is 3.08. The second kappa shape index (κ2) is 3.83. The van der Waals surface area contributed by atoms with Gasteiger partial charge in [0.15, 0.2) is 8.24 Å². The third kappa shape index (κ3) is 3.99. The van der Waals surface area contributed by atoms with Crippen LogP contribution in [-0.4, -0.2) is 14.5 Å². The molecular formula is C10H14FNSi. The molecule has 0 atom stereocenters. The van der Waals surface area contributed by atoms with Crippen LogP contribution in [0.25, 0.3) is 0 Å². The highest BCUT2D eigenvalue weighted by atomic mass is 28.3. The van der Waals surface area contributed by atoms with E-state index in [9.17, 15) is 4.39 Å². The van der Waals surface area contributed by atoms with Gasteiger partial charge in [0.25, 0.3) is 0 Å². The molecule has 0 heterocycles. The van der Waals surface area contributed by atoms with E-state index in [-0.39, 0.29) is 5.82 Å². The second-order valence-corrected chi connectivity index (χ2v) is 8.58. The third-order valence-corrected chi connectivity index (χ3v) is 2.37. The van der Waals surface area contributed by atoms with E-state index in [1.54, 1.807) is 12.1 Å². The average molecular weight is 195 g/mol. The van der Waals surface area contributed by atoms with Crippen LogP contribution in [0.3, 0.4) is 0 Å². The first-order valence-corrected chi connectivity index (χ1v) is 7.73. The Morgan fingerprint density at radius 2 is 1.69 bits per heavy atom. The molecule has 1 rings (SSSR count). The number of hydrogen-bond acceptors (Lipinski definition) is 1. The summed E-state index contributed by atoms with van der Waals surface area (Å²) < 4.78 is 17.0. The monoisotopic (exact) mass is 195 g/mol. The molecule has 70 valence electrons. The topological polar surface area (TPSA) is 12.4 Å². The molecule has 1 aromatic carbocycles. The van der Waals surface area contributed by atoms with E-state index < -0.39 is 8.24 Å². The smallest absolute Gasteiger partial charge is 0.172 e. The highest BCUT2D eigenvalue weighted by molar-refractivity contribution is 6.75. The fourth-order valence-electron chi connectivity index (χ4n) is 0.817. The average Bonchev–Trinajstić information content (AvgIpc) is 2.02. The molecule has 13 heavy (non-hydrogen) atoms. The Kier molecular flexibility index (Phi) is 2.98. The Hall–Kier alpha value is -0.963. The summed E-state index contributed by atoms with van der Waals surface area (Å²) in [7, 11) is -1.38. The zero-order chi connectivity index (χ0) is 9.90. The van der Waals surface area contributed by atoms with E-state index in [1.165, 1.54) is 12.1 Å². The molecule has 0 unspecified atom stereocenters. The molecule has 0 saturated heterocycles. The maximum atomic E-state index is 12.5. The van der Waals surface area contributed by atoms with Crippen LogP contribution in [0.4, 0.5) is 4.39 Å². The molecule has 0 saturated carbocycles. The van der Waals surface area contributed by atoms with E-state index in [0.29, 0.717) is 0 Å². The first-order valence-electron chi connectivity index (χ1n) is 4.28. The van der Waals surface area contributed by atoms with Crippen molar-refractivity contribution in [2.24, 2.45) is 4.66 Å². The normalized spacial score (nSPS) is 12.3. The zero-order valence-corrected chi connectivity index (χ0v) is 9.21. The molecule has 1 nitrogen and oxygen atoms in total. The van der Waals surface area contributed by atoms with Gasteiger partial charge in [-0.15, -0.1) is 0 Å². The Morgan fingerprint density at radius 1 is 1.15 bits per heavy atom. The summed E-state index contributed by atoms with van der Waals surface area (Å²) >= 11 is 0. The lowest BCUT2D eigenvalue weighted by Crippen LogP contribution is -2.16. The van der Waals surface area contributed by atoms with Gasteiger partial charge in [0.1, 0.15) is 5.82 Å². The molecule has 0 fully saturated rings. The SMILES string of the molecule is C[Si](C)(C)/N=C\c1ccc(F)cc1. The highest BCUT2D eigenvalue weighted by Gasteiger charge is 2.08. The van der Waals surface area contributed by atoms with Crippen molar-refractivity contribution in [3.8, 4) is 0 Å². The summed E-state index contributed by atoms with van der Waals surface area (Å²) in [5.41, 5.74) is 0.962. The van der Waals surface area contributed by atoms with Crippen molar-refractivity contribution in [1.29, 1.82) is 0 Å². The maximum Gasteiger partial charge on any atom is 0.172 e. The molecule has 0 spiro atoms. The lowest BCUT2D eigenvalue weighted by molar-refractivity contribution is 0.628. The van der Waals surface area contributed by atoms with Crippen LogP contribution in [0.15, 0.2) is 28.9 Å². The first kappa shape index (κ1) is 10.1. The molecule has 0 N–H and O–H groups in total. The Balaban J connectivity index is 2.75. The first-order chi connectivity index (χ1) is 5.97. The zero-order valence-electron chi connectivity index (χ0n) is 8.21. The minimum Gasteiger partial charge on any atom is -0.329 e. The largest absolute Gasteiger partial charge is 0.329 e. The third-order valence-electron chi connectivity index (χ3n) is 1.47. The van der Waals surface area contributed by atoms with E-state index in [0.717, 1.165) is 5.56 Å². The summed E-state index contributed by atoms with van der Waals surface area (Å²) in [6.07, 6.45) is 1.83. The van der Waals surface area contributed by atoms with E-state index in [4.69, 9.17) is 0 Å². The summed E-state index contributed by atoms with van der Waals surface area (Å²) in [5.74, 6) is -0.204. The van der Waals surface area contributed by atoms with Gasteiger partial charge in [-0.25, -0.2) is 4.39 Å². The molecule has 0 radical (unpaired) electrons. The second-order valence-electron chi connectivity index (χ2n) is 3.98. The van der Waals surface area contributed by atoms with Gasteiger partial charge in [-0.05, 0) is 37.3 Å². The van der Waals surface area contributed by atoms with Crippen LogP contribution in [0.1, 0.15) is 5.56 Å². The number of halogens is 1. The van der Waals surface area contributed by atoms with Crippen molar-refractivity contribution in [3.05, 3.63) is 35.6 Å². The van der Waals surface area contributed by atoms with Gasteiger partial charge in [-0.3, -0.25) is 0 Å². The van der Waals surface area contributed by atoms with Crippen molar-refractivity contribution < 1.29 is 4.39 Å². The van der Waals surface area contributed by atoms with Crippen LogP contribution in [0.5, 0.6) is 0 Å². The summed E-state index contributed by atoms with van der Waals surface area (Å²) in [6.45, 7) is 6.48. The van der Waals surface area contributed by atoms with Gasteiger partial charge >= 0.3 is 0 Å². The van der Waals surface area contributed by atoms with E-state index >= 15 is 0 Å². The number of nitrogens with zero attached hydrogens (tertiary/aromatic N) is 1. The Labute approximate surface area is 79.4 Å². The summed E-state index contributed by atoms with van der Waals surface area (Å²) in [5, 5.41) is 0. The quantitative estimate of drug-likeness (QED) is 0.508. The van der Waals surface area contributed by atoms with Gasteiger partial charge < -0.3 is 4.66 Å². The lowest BCUT2D eigenvalue weighted by atomic mass is 10.2. The van der Waals surface area contributed by atoms with Gasteiger partial charge in [-0.1, -0.05) is 12.1 Å². The molecule has 0 aromatic heterocycles. The van der Waals surface area contributed by atoms with Crippen LogP contribution in [-0.2, 0) is 0 Å². The predicted molar refractivity (Wildman–Crippen MR) is 57.3 cm³/mol. The van der Waals surface area contributed by atoms with E-state index in [1.807, 2.05) is 6.21 Å². The Morgan fingerprint density at radius 3 is 2.15 bits per heavy atom. The highest BCUT2D eigenvalue weighted by Crippen LogP contribution is 2.04. The lowest BCUT2D eigenvalue weighted by Gasteiger charge is -2.07. The maximum absolute atomic E-state index is 12.5. The van der Waals surface area contributed by atoms with Crippen LogP contribution in [0.2, 0.25) is 19.6 Å². The minimum absolute atomic E-state index is 0.204. The van der Waals surface area contributed by atoms with Gasteiger partial charge in [-0.2, -0.15) is 0 Å². The molecule has 0 amide bonds. The Bertz CT molecular complexity index is 298. The summed E-state index contributed by atoms with van der Waals surface area (Å²) in [4.78, 5) is 0. The summed E-state index contributed by atoms with van der Waals surface area (Å²) in [6, 6.07) is 6.37. The van der Waals surface area contributed by atoms with Crippen molar-refractivity contribution >= 4 is 14.5 Å². The van der Waals surface area contributed by atoms with E-state index in [2.05, 4.69) is 24.3 Å². The van der Waals surface area contributed by atoms with Gasteiger partial charge in [0.2, 0.25) is 0 Å². The molecule has 0 aliphatic rings. The molecule has 0 bridgehead atoms.